The van der Waals surface area contributed by atoms with Crippen molar-refractivity contribution in [3.8, 4) is 0 Å². The molecule has 0 N–H and O–H groups in total. The number of rotatable bonds is 3. The van der Waals surface area contributed by atoms with E-state index in [2.05, 4.69) is 12.6 Å². The summed E-state index contributed by atoms with van der Waals surface area (Å²) in [5.74, 6) is 0.641. The number of hydrogen-bond acceptors (Lipinski definition) is 2. The standard InChI is InChI=1S/C13H12O2/c1-10(14-2)3-4-11-5-6-13-12(9-11)7-8-15-13/h3-9H,1H2,2H3/b4-3+. The zero-order chi connectivity index (χ0) is 10.7. The molecule has 0 saturated carbocycles. The van der Waals surface area contributed by atoms with Gasteiger partial charge in [-0.2, -0.15) is 0 Å². The molecule has 0 atom stereocenters. The highest BCUT2D eigenvalue weighted by Crippen LogP contribution is 2.18. The van der Waals surface area contributed by atoms with Crippen LogP contribution in [0.2, 0.25) is 0 Å². The Bertz CT molecular complexity index is 506. The first-order valence-electron chi connectivity index (χ1n) is 4.68. The first-order chi connectivity index (χ1) is 7.29. The summed E-state index contributed by atoms with van der Waals surface area (Å²) in [4.78, 5) is 0. The van der Waals surface area contributed by atoms with Gasteiger partial charge in [0.05, 0.1) is 13.4 Å². The molecule has 15 heavy (non-hydrogen) atoms. The van der Waals surface area contributed by atoms with Gasteiger partial charge in [0.25, 0.3) is 0 Å². The lowest BCUT2D eigenvalue weighted by Crippen LogP contribution is -1.77. The molecule has 0 bridgehead atoms. The molecular formula is C13H12O2. The maximum Gasteiger partial charge on any atom is 0.133 e. The van der Waals surface area contributed by atoms with Crippen LogP contribution in [-0.4, -0.2) is 7.11 Å². The van der Waals surface area contributed by atoms with Crippen LogP contribution in [-0.2, 0) is 4.74 Å². The lowest BCUT2D eigenvalue weighted by molar-refractivity contribution is 0.309. The van der Waals surface area contributed by atoms with E-state index in [1.165, 1.54) is 0 Å². The average molecular weight is 200 g/mol. The summed E-state index contributed by atoms with van der Waals surface area (Å²) in [6.07, 6.45) is 5.48. The number of ether oxygens (including phenoxy) is 1. The molecule has 2 nitrogen and oxygen atoms in total. The fourth-order valence-corrected chi connectivity index (χ4v) is 1.35. The number of allylic oxidation sites excluding steroid dienone is 1. The first kappa shape index (κ1) is 9.59. The summed E-state index contributed by atoms with van der Waals surface area (Å²) in [7, 11) is 1.60. The molecule has 0 aliphatic rings. The van der Waals surface area contributed by atoms with Gasteiger partial charge in [-0.1, -0.05) is 18.7 Å². The van der Waals surface area contributed by atoms with Crippen molar-refractivity contribution in [2.75, 3.05) is 7.11 Å². The van der Waals surface area contributed by atoms with E-state index in [-0.39, 0.29) is 0 Å². The minimum atomic E-state index is 0.641. The largest absolute Gasteiger partial charge is 0.497 e. The molecule has 0 fully saturated rings. The molecular weight excluding hydrogens is 188 g/mol. The smallest absolute Gasteiger partial charge is 0.133 e. The van der Waals surface area contributed by atoms with Crippen LogP contribution < -0.4 is 0 Å². The third-order valence-corrected chi connectivity index (χ3v) is 2.20. The van der Waals surface area contributed by atoms with E-state index in [1.54, 1.807) is 13.4 Å². The quantitative estimate of drug-likeness (QED) is 0.558. The predicted molar refractivity (Wildman–Crippen MR) is 61.4 cm³/mol. The predicted octanol–water partition coefficient (Wildman–Crippen LogP) is 3.61. The van der Waals surface area contributed by atoms with E-state index in [0.717, 1.165) is 16.5 Å². The Hall–Kier alpha value is -1.96. The average Bonchev–Trinajstić information content (AvgIpc) is 2.72. The fraction of sp³-hybridized carbons (Fsp3) is 0.0769. The normalized spacial score (nSPS) is 11.0. The SMILES string of the molecule is C=C(/C=C/c1ccc2occc2c1)OC. The summed E-state index contributed by atoms with van der Waals surface area (Å²) >= 11 is 0. The van der Waals surface area contributed by atoms with Crippen molar-refractivity contribution in [1.29, 1.82) is 0 Å². The highest BCUT2D eigenvalue weighted by Gasteiger charge is 1.96. The second-order valence-electron chi connectivity index (χ2n) is 3.22. The van der Waals surface area contributed by atoms with Crippen LogP contribution in [0.5, 0.6) is 0 Å². The number of benzene rings is 1. The Kier molecular flexibility index (Phi) is 2.59. The van der Waals surface area contributed by atoms with Crippen molar-refractivity contribution in [3.05, 3.63) is 54.5 Å². The minimum Gasteiger partial charge on any atom is -0.497 e. The zero-order valence-electron chi connectivity index (χ0n) is 8.57. The molecule has 1 heterocycles. The summed E-state index contributed by atoms with van der Waals surface area (Å²) in [6, 6.07) is 7.94. The third-order valence-electron chi connectivity index (χ3n) is 2.20. The molecule has 0 aliphatic carbocycles. The van der Waals surface area contributed by atoms with Gasteiger partial charge in [0.2, 0.25) is 0 Å². The van der Waals surface area contributed by atoms with Crippen LogP contribution in [0.4, 0.5) is 0 Å². The molecule has 2 heteroatoms. The molecule has 1 aromatic heterocycles. The Morgan fingerprint density at radius 1 is 1.40 bits per heavy atom. The monoisotopic (exact) mass is 200 g/mol. The maximum absolute atomic E-state index is 5.25. The van der Waals surface area contributed by atoms with Crippen LogP contribution >= 0.6 is 0 Å². The van der Waals surface area contributed by atoms with Gasteiger partial charge in [0.15, 0.2) is 0 Å². The van der Waals surface area contributed by atoms with Crippen LogP contribution in [0, 0.1) is 0 Å². The summed E-state index contributed by atoms with van der Waals surface area (Å²) in [6.45, 7) is 3.71. The van der Waals surface area contributed by atoms with Gasteiger partial charge in [-0.3, -0.25) is 0 Å². The molecule has 76 valence electrons. The van der Waals surface area contributed by atoms with Gasteiger partial charge in [0, 0.05) is 5.39 Å². The minimum absolute atomic E-state index is 0.641. The van der Waals surface area contributed by atoms with Gasteiger partial charge in [-0.15, -0.1) is 0 Å². The van der Waals surface area contributed by atoms with Crippen LogP contribution in [0.15, 0.2) is 53.4 Å². The summed E-state index contributed by atoms with van der Waals surface area (Å²) in [5.41, 5.74) is 2.00. The van der Waals surface area contributed by atoms with Crippen molar-refractivity contribution >= 4 is 17.0 Å². The van der Waals surface area contributed by atoms with Crippen LogP contribution in [0.25, 0.3) is 17.0 Å². The maximum atomic E-state index is 5.25. The molecule has 0 aliphatic heterocycles. The van der Waals surface area contributed by atoms with Gasteiger partial charge >= 0.3 is 0 Å². The van der Waals surface area contributed by atoms with E-state index >= 15 is 0 Å². The highest BCUT2D eigenvalue weighted by molar-refractivity contribution is 5.80. The van der Waals surface area contributed by atoms with Crippen molar-refractivity contribution in [2.45, 2.75) is 0 Å². The second kappa shape index (κ2) is 4.05. The summed E-state index contributed by atoms with van der Waals surface area (Å²) in [5, 5.41) is 1.10. The Morgan fingerprint density at radius 3 is 3.07 bits per heavy atom. The van der Waals surface area contributed by atoms with Gasteiger partial charge < -0.3 is 9.15 Å². The third kappa shape index (κ3) is 2.10. The summed E-state index contributed by atoms with van der Waals surface area (Å²) < 4.78 is 10.2. The lowest BCUT2D eigenvalue weighted by Gasteiger charge is -1.96. The van der Waals surface area contributed by atoms with E-state index in [9.17, 15) is 0 Å². The molecule has 0 radical (unpaired) electrons. The van der Waals surface area contributed by atoms with Gasteiger partial charge in [0.1, 0.15) is 11.3 Å². The van der Waals surface area contributed by atoms with Crippen molar-refractivity contribution in [1.82, 2.24) is 0 Å². The van der Waals surface area contributed by atoms with Crippen LogP contribution in [0.3, 0.4) is 0 Å². The fourth-order valence-electron chi connectivity index (χ4n) is 1.35. The first-order valence-corrected chi connectivity index (χ1v) is 4.68. The second-order valence-corrected chi connectivity index (χ2v) is 3.22. The number of hydrogen-bond donors (Lipinski definition) is 0. The number of methoxy groups -OCH3 is 1. The molecule has 0 unspecified atom stereocenters. The Labute approximate surface area is 88.5 Å². The molecule has 2 aromatic rings. The molecule has 0 amide bonds. The van der Waals surface area contributed by atoms with Gasteiger partial charge in [-0.25, -0.2) is 0 Å². The molecule has 0 saturated heterocycles. The van der Waals surface area contributed by atoms with E-state index < -0.39 is 0 Å². The van der Waals surface area contributed by atoms with Crippen molar-refractivity contribution < 1.29 is 9.15 Å². The number of fused-ring (bicyclic) bond motifs is 1. The molecule has 0 spiro atoms. The number of furan rings is 1. The molecule has 1 aromatic carbocycles. The van der Waals surface area contributed by atoms with E-state index in [4.69, 9.17) is 9.15 Å². The zero-order valence-corrected chi connectivity index (χ0v) is 8.57. The molecule has 2 rings (SSSR count). The van der Waals surface area contributed by atoms with Crippen molar-refractivity contribution in [3.63, 3.8) is 0 Å². The van der Waals surface area contributed by atoms with Crippen molar-refractivity contribution in [2.24, 2.45) is 0 Å². The van der Waals surface area contributed by atoms with Crippen LogP contribution in [0.1, 0.15) is 5.56 Å². The lowest BCUT2D eigenvalue weighted by atomic mass is 10.1. The van der Waals surface area contributed by atoms with E-state index in [1.807, 2.05) is 30.4 Å². The highest BCUT2D eigenvalue weighted by atomic mass is 16.5. The topological polar surface area (TPSA) is 22.4 Å². The Morgan fingerprint density at radius 2 is 2.27 bits per heavy atom. The van der Waals surface area contributed by atoms with E-state index in [0.29, 0.717) is 5.76 Å². The van der Waals surface area contributed by atoms with Gasteiger partial charge in [-0.05, 0) is 29.8 Å². The Balaban J connectivity index is 2.28.